The molecule has 3 rings (SSSR count). The number of anilines is 1. The van der Waals surface area contributed by atoms with Gasteiger partial charge in [0.25, 0.3) is 0 Å². The van der Waals surface area contributed by atoms with Crippen molar-refractivity contribution in [3.05, 3.63) is 48.3 Å². The highest BCUT2D eigenvalue weighted by Gasteiger charge is 2.20. The monoisotopic (exact) mass is 313 g/mol. The van der Waals surface area contributed by atoms with Crippen molar-refractivity contribution in [1.29, 1.82) is 0 Å². The number of benzene rings is 1. The molecule has 2 heterocycles. The summed E-state index contributed by atoms with van der Waals surface area (Å²) < 4.78 is 1.94. The number of nitrogens with one attached hydrogen (secondary N) is 1. The molecule has 0 aliphatic carbocycles. The number of urea groups is 1. The maximum Gasteiger partial charge on any atom is 0.321 e. The second-order valence-electron chi connectivity index (χ2n) is 5.89. The number of carbonyl (C=O) groups is 1. The Morgan fingerprint density at radius 3 is 2.52 bits per heavy atom. The highest BCUT2D eigenvalue weighted by Crippen LogP contribution is 2.11. The van der Waals surface area contributed by atoms with Crippen LogP contribution in [-0.2, 0) is 6.54 Å². The van der Waals surface area contributed by atoms with Crippen molar-refractivity contribution in [2.45, 2.75) is 13.5 Å². The van der Waals surface area contributed by atoms with Crippen molar-refractivity contribution in [3.63, 3.8) is 0 Å². The van der Waals surface area contributed by atoms with Gasteiger partial charge in [-0.25, -0.2) is 4.79 Å². The van der Waals surface area contributed by atoms with Crippen LogP contribution in [0.25, 0.3) is 0 Å². The van der Waals surface area contributed by atoms with Gasteiger partial charge in [-0.2, -0.15) is 5.10 Å². The van der Waals surface area contributed by atoms with Gasteiger partial charge in [0.2, 0.25) is 0 Å². The van der Waals surface area contributed by atoms with Crippen LogP contribution < -0.4 is 5.32 Å². The first-order valence-corrected chi connectivity index (χ1v) is 8.03. The molecule has 0 saturated carbocycles. The van der Waals surface area contributed by atoms with Crippen molar-refractivity contribution >= 4 is 11.7 Å². The van der Waals surface area contributed by atoms with Crippen LogP contribution in [0, 0.1) is 6.92 Å². The Morgan fingerprint density at radius 1 is 1.13 bits per heavy atom. The zero-order valence-electron chi connectivity index (χ0n) is 13.5. The molecule has 2 amide bonds. The first-order valence-electron chi connectivity index (χ1n) is 8.03. The molecule has 2 aromatic rings. The third-order valence-electron chi connectivity index (χ3n) is 4.17. The molecule has 1 aromatic heterocycles. The molecule has 1 fully saturated rings. The fraction of sp³-hybridized carbons (Fsp3) is 0.412. The van der Waals surface area contributed by atoms with E-state index in [1.54, 1.807) is 6.20 Å². The number of amides is 2. The number of nitrogens with zero attached hydrogens (tertiary/aromatic N) is 4. The Balaban J connectivity index is 1.42. The van der Waals surface area contributed by atoms with Crippen molar-refractivity contribution in [2.24, 2.45) is 0 Å². The largest absolute Gasteiger partial charge is 0.322 e. The van der Waals surface area contributed by atoms with Gasteiger partial charge >= 0.3 is 6.03 Å². The zero-order valence-corrected chi connectivity index (χ0v) is 13.5. The third-order valence-corrected chi connectivity index (χ3v) is 4.17. The highest BCUT2D eigenvalue weighted by atomic mass is 16.2. The molecular weight excluding hydrogens is 290 g/mol. The molecule has 0 radical (unpaired) electrons. The van der Waals surface area contributed by atoms with E-state index >= 15 is 0 Å². The van der Waals surface area contributed by atoms with E-state index in [0.29, 0.717) is 0 Å². The summed E-state index contributed by atoms with van der Waals surface area (Å²) in [5.41, 5.74) is 2.04. The standard InChI is InChI=1S/C17H23N5O/c1-15-3-5-16(6-4-15)19-17(23)21-12-9-20(10-13-21)11-14-22-8-2-7-18-22/h2-8H,9-14H2,1H3,(H,19,23). The van der Waals surface area contributed by atoms with Crippen molar-refractivity contribution < 1.29 is 4.79 Å². The maximum absolute atomic E-state index is 12.3. The predicted molar refractivity (Wildman–Crippen MR) is 90.4 cm³/mol. The molecule has 1 N–H and O–H groups in total. The summed E-state index contributed by atoms with van der Waals surface area (Å²) in [7, 11) is 0. The molecule has 0 unspecified atom stereocenters. The summed E-state index contributed by atoms with van der Waals surface area (Å²) >= 11 is 0. The third kappa shape index (κ3) is 4.32. The van der Waals surface area contributed by atoms with Crippen LogP contribution in [0.5, 0.6) is 0 Å². The van der Waals surface area contributed by atoms with Crippen molar-refractivity contribution in [1.82, 2.24) is 19.6 Å². The number of rotatable bonds is 4. The Morgan fingerprint density at radius 2 is 1.87 bits per heavy atom. The fourth-order valence-electron chi connectivity index (χ4n) is 2.69. The lowest BCUT2D eigenvalue weighted by Crippen LogP contribution is -2.50. The Bertz CT molecular complexity index is 615. The van der Waals surface area contributed by atoms with Crippen molar-refractivity contribution in [3.8, 4) is 0 Å². The van der Waals surface area contributed by atoms with E-state index in [1.165, 1.54) is 5.56 Å². The van der Waals surface area contributed by atoms with E-state index in [2.05, 4.69) is 15.3 Å². The molecule has 23 heavy (non-hydrogen) atoms. The number of aromatic nitrogens is 2. The molecular formula is C17H23N5O. The van der Waals surface area contributed by atoms with Gasteiger partial charge in [-0.1, -0.05) is 17.7 Å². The van der Waals surface area contributed by atoms with Crippen LogP contribution in [-0.4, -0.2) is 58.3 Å². The first kappa shape index (κ1) is 15.6. The van der Waals surface area contributed by atoms with Gasteiger partial charge < -0.3 is 10.2 Å². The number of hydrogen-bond acceptors (Lipinski definition) is 3. The second-order valence-corrected chi connectivity index (χ2v) is 5.89. The lowest BCUT2D eigenvalue weighted by atomic mass is 10.2. The Kier molecular flexibility index (Phi) is 4.92. The van der Waals surface area contributed by atoms with Gasteiger partial charge in [-0.05, 0) is 25.1 Å². The van der Waals surface area contributed by atoms with E-state index in [9.17, 15) is 4.79 Å². The van der Waals surface area contributed by atoms with Crippen LogP contribution in [0.1, 0.15) is 5.56 Å². The summed E-state index contributed by atoms with van der Waals surface area (Å²) in [5, 5.41) is 7.17. The van der Waals surface area contributed by atoms with Crippen LogP contribution in [0.4, 0.5) is 10.5 Å². The van der Waals surface area contributed by atoms with Gasteiger partial charge in [0.05, 0.1) is 6.54 Å². The maximum atomic E-state index is 12.3. The summed E-state index contributed by atoms with van der Waals surface area (Å²) in [5.74, 6) is 0. The second kappa shape index (κ2) is 7.28. The zero-order chi connectivity index (χ0) is 16.1. The van der Waals surface area contributed by atoms with E-state index in [4.69, 9.17) is 0 Å². The lowest BCUT2D eigenvalue weighted by Gasteiger charge is -2.34. The quantitative estimate of drug-likeness (QED) is 0.940. The normalized spacial score (nSPS) is 15.6. The minimum atomic E-state index is -0.0134. The summed E-state index contributed by atoms with van der Waals surface area (Å²) in [6.07, 6.45) is 3.78. The summed E-state index contributed by atoms with van der Waals surface area (Å²) in [4.78, 5) is 16.5. The molecule has 1 saturated heterocycles. The average Bonchev–Trinajstić information content (AvgIpc) is 3.09. The first-order chi connectivity index (χ1) is 11.2. The predicted octanol–water partition coefficient (Wildman–Crippen LogP) is 2.04. The molecule has 0 spiro atoms. The molecule has 122 valence electrons. The van der Waals surface area contributed by atoms with Crippen LogP contribution >= 0.6 is 0 Å². The SMILES string of the molecule is Cc1ccc(NC(=O)N2CCN(CCn3cccn3)CC2)cc1. The van der Waals surface area contributed by atoms with Gasteiger partial charge in [-0.3, -0.25) is 9.58 Å². The van der Waals surface area contributed by atoms with E-state index in [0.717, 1.165) is 45.0 Å². The smallest absolute Gasteiger partial charge is 0.321 e. The van der Waals surface area contributed by atoms with E-state index < -0.39 is 0 Å². The molecule has 1 aromatic carbocycles. The van der Waals surface area contributed by atoms with Crippen LogP contribution in [0.3, 0.4) is 0 Å². The number of hydrogen-bond donors (Lipinski definition) is 1. The molecule has 6 nitrogen and oxygen atoms in total. The fourth-order valence-corrected chi connectivity index (χ4v) is 2.69. The number of aryl methyl sites for hydroxylation is 1. The molecule has 1 aliphatic rings. The van der Waals surface area contributed by atoms with E-state index in [-0.39, 0.29) is 6.03 Å². The average molecular weight is 313 g/mol. The van der Waals surface area contributed by atoms with Crippen molar-refractivity contribution in [2.75, 3.05) is 38.0 Å². The molecule has 0 bridgehead atoms. The minimum absolute atomic E-state index is 0.0134. The summed E-state index contributed by atoms with van der Waals surface area (Å²) in [6, 6.07) is 9.81. The number of carbonyl (C=O) groups excluding carboxylic acids is 1. The van der Waals surface area contributed by atoms with Gasteiger partial charge in [0, 0.05) is 50.8 Å². The summed E-state index contributed by atoms with van der Waals surface area (Å²) in [6.45, 7) is 7.23. The van der Waals surface area contributed by atoms with Gasteiger partial charge in [0.15, 0.2) is 0 Å². The van der Waals surface area contributed by atoms with Crippen LogP contribution in [0.2, 0.25) is 0 Å². The van der Waals surface area contributed by atoms with Gasteiger partial charge in [0.1, 0.15) is 0 Å². The lowest BCUT2D eigenvalue weighted by molar-refractivity contribution is 0.143. The Hall–Kier alpha value is -2.34. The molecule has 0 atom stereocenters. The Labute approximate surface area is 136 Å². The van der Waals surface area contributed by atoms with Crippen LogP contribution in [0.15, 0.2) is 42.7 Å². The molecule has 6 heteroatoms. The van der Waals surface area contributed by atoms with E-state index in [1.807, 2.05) is 53.0 Å². The topological polar surface area (TPSA) is 53.4 Å². The highest BCUT2D eigenvalue weighted by molar-refractivity contribution is 5.89. The molecule has 1 aliphatic heterocycles. The minimum Gasteiger partial charge on any atom is -0.322 e. The van der Waals surface area contributed by atoms with Gasteiger partial charge in [-0.15, -0.1) is 0 Å². The number of piperazine rings is 1.